The molecule has 0 aliphatic rings. The summed E-state index contributed by atoms with van der Waals surface area (Å²) in [6.07, 6.45) is 4.22. The Labute approximate surface area is 167 Å². The second-order valence-corrected chi connectivity index (χ2v) is 8.34. The number of thioether (sulfide) groups is 1. The maximum atomic E-state index is 11.1. The zero-order valence-electron chi connectivity index (χ0n) is 16.5. The molecule has 144 valence electrons. The van der Waals surface area contributed by atoms with E-state index in [9.17, 15) is 9.90 Å². The zero-order valence-corrected chi connectivity index (χ0v) is 17.3. The summed E-state index contributed by atoms with van der Waals surface area (Å²) in [6.45, 7) is 6.37. The summed E-state index contributed by atoms with van der Waals surface area (Å²) in [4.78, 5) is 15.6. The van der Waals surface area contributed by atoms with Crippen molar-refractivity contribution in [2.75, 3.05) is 12.3 Å². The Balaban J connectivity index is 1.97. The normalized spacial score (nSPS) is 11.6. The number of carbonyl (C=O) groups excluding carboxylic acids is 1. The summed E-state index contributed by atoms with van der Waals surface area (Å²) >= 11 is 1.57. The minimum Gasteiger partial charge on any atom is -0.507 e. The van der Waals surface area contributed by atoms with Crippen molar-refractivity contribution >= 4 is 50.2 Å². The molecular formula is C22H24N3O2S+. The quantitative estimate of drug-likeness (QED) is 0.280. The fourth-order valence-corrected chi connectivity index (χ4v) is 4.90. The molecule has 0 atom stereocenters. The highest BCUT2D eigenvalue weighted by Crippen LogP contribution is 2.43. The van der Waals surface area contributed by atoms with Gasteiger partial charge in [-0.2, -0.15) is 0 Å². The molecule has 28 heavy (non-hydrogen) atoms. The Morgan fingerprint density at radius 2 is 1.96 bits per heavy atom. The number of hydrogen-bond donors (Lipinski definition) is 3. The van der Waals surface area contributed by atoms with Gasteiger partial charge < -0.3 is 15.4 Å². The average Bonchev–Trinajstić information content (AvgIpc) is 3.04. The summed E-state index contributed by atoms with van der Waals surface area (Å²) in [7, 11) is 2.03. The number of aromatic amines is 1. The molecule has 3 N–H and O–H groups in total. The second kappa shape index (κ2) is 7.02. The summed E-state index contributed by atoms with van der Waals surface area (Å²) in [5, 5.41) is 18.1. The zero-order chi connectivity index (χ0) is 20.0. The Bertz CT molecular complexity index is 1240. The van der Waals surface area contributed by atoms with Gasteiger partial charge in [-0.25, -0.2) is 4.57 Å². The molecule has 5 nitrogen and oxygen atoms in total. The number of pyridine rings is 1. The predicted molar refractivity (Wildman–Crippen MR) is 115 cm³/mol. The Morgan fingerprint density at radius 1 is 1.18 bits per heavy atom. The number of aromatic nitrogens is 2. The summed E-state index contributed by atoms with van der Waals surface area (Å²) < 4.78 is 2.07. The number of phenolic OH excluding ortho intramolecular Hbond substituents is 1. The predicted octanol–water partition coefficient (Wildman–Crippen LogP) is 3.85. The van der Waals surface area contributed by atoms with Crippen LogP contribution in [0.5, 0.6) is 5.75 Å². The van der Waals surface area contributed by atoms with Crippen LogP contribution in [-0.4, -0.2) is 28.3 Å². The van der Waals surface area contributed by atoms with Gasteiger partial charge in [0.15, 0.2) is 12.4 Å². The molecule has 4 rings (SSSR count). The summed E-state index contributed by atoms with van der Waals surface area (Å²) in [6, 6.07) is 5.83. The molecule has 1 amide bonds. The number of amides is 1. The van der Waals surface area contributed by atoms with E-state index in [1.54, 1.807) is 17.8 Å². The first kappa shape index (κ1) is 18.6. The van der Waals surface area contributed by atoms with Crippen molar-refractivity contribution in [3.63, 3.8) is 0 Å². The van der Waals surface area contributed by atoms with Gasteiger partial charge in [-0.15, -0.1) is 11.8 Å². The molecule has 0 saturated heterocycles. The first-order chi connectivity index (χ1) is 13.4. The van der Waals surface area contributed by atoms with Crippen molar-refractivity contribution in [3.8, 4) is 5.75 Å². The van der Waals surface area contributed by atoms with Gasteiger partial charge in [0.1, 0.15) is 12.8 Å². The standard InChI is InChI=1S/C22H23N3O2S/c1-12-16-11-25(4)9-7-15(16)13(2)21-19(12)20-17(24-21)5-6-18(27)22(20)28-10-8-23-14(3)26/h5-7,9,11H,8,10H2,1-4H3,(H2,23,26,27)/p+1. The van der Waals surface area contributed by atoms with Gasteiger partial charge in [0, 0.05) is 47.0 Å². The van der Waals surface area contributed by atoms with Crippen LogP contribution in [0.25, 0.3) is 32.6 Å². The van der Waals surface area contributed by atoms with Gasteiger partial charge in [0.2, 0.25) is 5.91 Å². The first-order valence-electron chi connectivity index (χ1n) is 9.31. The molecule has 0 aliphatic carbocycles. The van der Waals surface area contributed by atoms with E-state index in [0.29, 0.717) is 12.3 Å². The van der Waals surface area contributed by atoms with Crippen molar-refractivity contribution in [1.29, 1.82) is 0 Å². The number of nitrogens with zero attached hydrogens (tertiary/aromatic N) is 1. The fourth-order valence-electron chi connectivity index (χ4n) is 3.92. The SMILES string of the molecule is CC(=O)NCCSc1c(O)ccc2[nH]c3c(C)c4cc[n+](C)cc4c(C)c3c12. The topological polar surface area (TPSA) is 69.0 Å². The lowest BCUT2D eigenvalue weighted by Gasteiger charge is -2.10. The Kier molecular flexibility index (Phi) is 4.67. The van der Waals surface area contributed by atoms with E-state index >= 15 is 0 Å². The summed E-state index contributed by atoms with van der Waals surface area (Å²) in [5.74, 6) is 0.928. The van der Waals surface area contributed by atoms with Crippen molar-refractivity contribution < 1.29 is 14.5 Å². The van der Waals surface area contributed by atoms with E-state index in [-0.39, 0.29) is 11.7 Å². The minimum atomic E-state index is -0.0408. The molecule has 2 heterocycles. The molecule has 6 heteroatoms. The average molecular weight is 395 g/mol. The number of rotatable bonds is 4. The Morgan fingerprint density at radius 3 is 2.71 bits per heavy atom. The monoisotopic (exact) mass is 394 g/mol. The second-order valence-electron chi connectivity index (χ2n) is 7.23. The van der Waals surface area contributed by atoms with Crippen LogP contribution in [0.4, 0.5) is 0 Å². The lowest BCUT2D eigenvalue weighted by Crippen LogP contribution is -2.26. The molecule has 4 aromatic rings. The third-order valence-corrected chi connectivity index (χ3v) is 6.39. The van der Waals surface area contributed by atoms with Crippen molar-refractivity contribution in [2.24, 2.45) is 7.05 Å². The number of hydrogen-bond acceptors (Lipinski definition) is 3. The number of aromatic hydroxyl groups is 1. The van der Waals surface area contributed by atoms with E-state index in [1.165, 1.54) is 28.8 Å². The maximum Gasteiger partial charge on any atom is 0.216 e. The van der Waals surface area contributed by atoms with Gasteiger partial charge in [-0.1, -0.05) is 0 Å². The lowest BCUT2D eigenvalue weighted by atomic mass is 9.97. The van der Waals surface area contributed by atoms with Gasteiger partial charge >= 0.3 is 0 Å². The number of aryl methyl sites for hydroxylation is 3. The minimum absolute atomic E-state index is 0.0408. The lowest BCUT2D eigenvalue weighted by molar-refractivity contribution is -0.670. The molecule has 0 saturated carbocycles. The molecule has 0 fully saturated rings. The van der Waals surface area contributed by atoms with Gasteiger partial charge in [-0.05, 0) is 42.5 Å². The number of nitrogens with one attached hydrogen (secondary N) is 2. The highest BCUT2D eigenvalue weighted by molar-refractivity contribution is 7.99. The number of phenols is 1. The van der Waals surface area contributed by atoms with Crippen LogP contribution in [0.3, 0.4) is 0 Å². The third-order valence-electron chi connectivity index (χ3n) is 5.28. The van der Waals surface area contributed by atoms with Gasteiger partial charge in [-0.3, -0.25) is 4.79 Å². The van der Waals surface area contributed by atoms with E-state index in [1.807, 2.05) is 13.1 Å². The Hall–Kier alpha value is -2.73. The van der Waals surface area contributed by atoms with E-state index in [2.05, 4.69) is 47.2 Å². The summed E-state index contributed by atoms with van der Waals surface area (Å²) in [5.41, 5.74) is 4.54. The molecule has 0 unspecified atom stereocenters. The van der Waals surface area contributed by atoms with Crippen LogP contribution in [0.15, 0.2) is 35.5 Å². The van der Waals surface area contributed by atoms with Gasteiger partial charge in [0.25, 0.3) is 0 Å². The van der Waals surface area contributed by atoms with E-state index in [0.717, 1.165) is 26.7 Å². The number of benzene rings is 2. The first-order valence-corrected chi connectivity index (χ1v) is 10.3. The van der Waals surface area contributed by atoms with Crippen molar-refractivity contribution in [2.45, 2.75) is 25.7 Å². The number of fused-ring (bicyclic) bond motifs is 4. The van der Waals surface area contributed by atoms with Crippen molar-refractivity contribution in [1.82, 2.24) is 10.3 Å². The molecule has 0 bridgehead atoms. The molecule has 2 aromatic carbocycles. The third kappa shape index (κ3) is 2.98. The van der Waals surface area contributed by atoms with Crippen LogP contribution in [-0.2, 0) is 11.8 Å². The highest BCUT2D eigenvalue weighted by atomic mass is 32.2. The van der Waals surface area contributed by atoms with E-state index < -0.39 is 0 Å². The van der Waals surface area contributed by atoms with Crippen LogP contribution in [0, 0.1) is 13.8 Å². The smallest absolute Gasteiger partial charge is 0.216 e. The van der Waals surface area contributed by atoms with Crippen LogP contribution in [0.2, 0.25) is 0 Å². The van der Waals surface area contributed by atoms with E-state index in [4.69, 9.17) is 0 Å². The maximum absolute atomic E-state index is 11.1. The molecular weight excluding hydrogens is 370 g/mol. The van der Waals surface area contributed by atoms with Crippen molar-refractivity contribution in [3.05, 3.63) is 41.7 Å². The van der Waals surface area contributed by atoms with Crippen LogP contribution < -0.4 is 9.88 Å². The van der Waals surface area contributed by atoms with Crippen LogP contribution >= 0.6 is 11.8 Å². The molecule has 0 radical (unpaired) electrons. The molecule has 2 aromatic heterocycles. The van der Waals surface area contributed by atoms with Crippen LogP contribution in [0.1, 0.15) is 18.1 Å². The van der Waals surface area contributed by atoms with Gasteiger partial charge in [0.05, 0.1) is 10.4 Å². The fraction of sp³-hybridized carbons (Fsp3) is 0.273. The molecule has 0 aliphatic heterocycles. The number of H-pyrrole nitrogens is 1. The number of carbonyl (C=O) groups is 1. The highest BCUT2D eigenvalue weighted by Gasteiger charge is 2.19. The largest absolute Gasteiger partial charge is 0.507 e. The molecule has 0 spiro atoms.